The van der Waals surface area contributed by atoms with Crippen LogP contribution in [-0.2, 0) is 11.2 Å². The molecule has 2 nitrogen and oxygen atoms in total. The molecule has 0 spiro atoms. The van der Waals surface area contributed by atoms with Crippen LogP contribution in [-0.4, -0.2) is 19.8 Å². The topological polar surface area (TPSA) is 35.2 Å². The number of hydrogen-bond acceptors (Lipinski definition) is 2. The molecule has 0 amide bonds. The molecule has 2 rings (SSSR count). The molecule has 15 heavy (non-hydrogen) atoms. The monoisotopic (exact) mass is 205 g/mol. The number of hydrogen-bond donors (Lipinski definition) is 1. The summed E-state index contributed by atoms with van der Waals surface area (Å²) in [6, 6.07) is 8.90. The zero-order chi connectivity index (χ0) is 10.5. The summed E-state index contributed by atoms with van der Waals surface area (Å²) in [6.07, 6.45) is 3.47. The first-order valence-electron chi connectivity index (χ1n) is 5.77. The summed E-state index contributed by atoms with van der Waals surface area (Å²) in [5, 5.41) is 0. The third-order valence-corrected chi connectivity index (χ3v) is 2.98. The van der Waals surface area contributed by atoms with Crippen LogP contribution in [0, 0.1) is 0 Å². The first kappa shape index (κ1) is 10.7. The standard InChI is InChI=1S/C13H19NO/c14-7-2-1-4-11-5-3-6-12(8-11)13-9-15-10-13/h3,5-6,8,13H,1-2,4,7,9-10,14H2. The van der Waals surface area contributed by atoms with Crippen molar-refractivity contribution >= 4 is 0 Å². The van der Waals surface area contributed by atoms with Crippen molar-refractivity contribution < 1.29 is 4.74 Å². The molecular formula is C13H19NO. The van der Waals surface area contributed by atoms with Gasteiger partial charge in [0, 0.05) is 5.92 Å². The van der Waals surface area contributed by atoms with Gasteiger partial charge in [0.05, 0.1) is 13.2 Å². The lowest BCUT2D eigenvalue weighted by Crippen LogP contribution is -2.25. The Balaban J connectivity index is 1.92. The van der Waals surface area contributed by atoms with Crippen LogP contribution in [0.15, 0.2) is 24.3 Å². The molecule has 1 heterocycles. The number of rotatable bonds is 5. The van der Waals surface area contributed by atoms with Crippen molar-refractivity contribution in [3.05, 3.63) is 35.4 Å². The van der Waals surface area contributed by atoms with Crippen LogP contribution in [0.1, 0.15) is 29.9 Å². The fourth-order valence-electron chi connectivity index (χ4n) is 1.90. The molecule has 0 radical (unpaired) electrons. The smallest absolute Gasteiger partial charge is 0.0557 e. The Morgan fingerprint density at radius 2 is 2.13 bits per heavy atom. The van der Waals surface area contributed by atoms with Gasteiger partial charge in [-0.1, -0.05) is 24.3 Å². The average molecular weight is 205 g/mol. The summed E-state index contributed by atoms with van der Waals surface area (Å²) in [4.78, 5) is 0. The van der Waals surface area contributed by atoms with Gasteiger partial charge in [-0.15, -0.1) is 0 Å². The van der Waals surface area contributed by atoms with Gasteiger partial charge in [-0.2, -0.15) is 0 Å². The van der Waals surface area contributed by atoms with E-state index in [1.807, 2.05) is 0 Å². The lowest BCUT2D eigenvalue weighted by Gasteiger charge is -2.26. The molecule has 0 unspecified atom stereocenters. The van der Waals surface area contributed by atoms with Crippen LogP contribution in [0.25, 0.3) is 0 Å². The maximum absolute atomic E-state index is 5.48. The number of aryl methyl sites for hydroxylation is 1. The summed E-state index contributed by atoms with van der Waals surface area (Å²) in [7, 11) is 0. The molecule has 2 N–H and O–H groups in total. The highest BCUT2D eigenvalue weighted by atomic mass is 16.5. The molecule has 1 saturated heterocycles. The Morgan fingerprint density at radius 1 is 1.27 bits per heavy atom. The predicted molar refractivity (Wildman–Crippen MR) is 62.0 cm³/mol. The molecule has 0 saturated carbocycles. The second-order valence-corrected chi connectivity index (χ2v) is 4.23. The molecule has 0 bridgehead atoms. The van der Waals surface area contributed by atoms with Crippen molar-refractivity contribution in [3.63, 3.8) is 0 Å². The van der Waals surface area contributed by atoms with E-state index in [4.69, 9.17) is 10.5 Å². The number of ether oxygens (including phenoxy) is 1. The summed E-state index contributed by atoms with van der Waals surface area (Å²) >= 11 is 0. The molecule has 1 fully saturated rings. The first-order chi connectivity index (χ1) is 7.40. The lowest BCUT2D eigenvalue weighted by atomic mass is 9.95. The van der Waals surface area contributed by atoms with Gasteiger partial charge in [-0.25, -0.2) is 0 Å². The minimum absolute atomic E-state index is 0.638. The van der Waals surface area contributed by atoms with E-state index in [1.54, 1.807) is 0 Å². The van der Waals surface area contributed by atoms with Crippen molar-refractivity contribution in [1.29, 1.82) is 0 Å². The largest absolute Gasteiger partial charge is 0.380 e. The lowest BCUT2D eigenvalue weighted by molar-refractivity contribution is 0.00840. The fourth-order valence-corrected chi connectivity index (χ4v) is 1.90. The number of unbranched alkanes of at least 4 members (excludes halogenated alkanes) is 1. The minimum Gasteiger partial charge on any atom is -0.380 e. The summed E-state index contributed by atoms with van der Waals surface area (Å²) in [5.74, 6) is 0.638. The van der Waals surface area contributed by atoms with E-state index in [0.717, 1.165) is 32.6 Å². The maximum Gasteiger partial charge on any atom is 0.0557 e. The third-order valence-electron chi connectivity index (χ3n) is 2.98. The van der Waals surface area contributed by atoms with Crippen LogP contribution >= 0.6 is 0 Å². The van der Waals surface area contributed by atoms with Crippen LogP contribution in [0.3, 0.4) is 0 Å². The summed E-state index contributed by atoms with van der Waals surface area (Å²) < 4.78 is 5.21. The Bertz CT molecular complexity index is 307. The van der Waals surface area contributed by atoms with Gasteiger partial charge < -0.3 is 10.5 Å². The first-order valence-corrected chi connectivity index (χ1v) is 5.77. The van der Waals surface area contributed by atoms with E-state index in [2.05, 4.69) is 24.3 Å². The second-order valence-electron chi connectivity index (χ2n) is 4.23. The molecule has 1 aliphatic heterocycles. The van der Waals surface area contributed by atoms with Crippen LogP contribution in [0.2, 0.25) is 0 Å². The quantitative estimate of drug-likeness (QED) is 0.747. The van der Waals surface area contributed by atoms with Crippen molar-refractivity contribution in [2.45, 2.75) is 25.2 Å². The van der Waals surface area contributed by atoms with E-state index in [0.29, 0.717) is 5.92 Å². The average Bonchev–Trinajstić information content (AvgIpc) is 2.16. The van der Waals surface area contributed by atoms with Gasteiger partial charge in [0.2, 0.25) is 0 Å². The van der Waals surface area contributed by atoms with Gasteiger partial charge in [0.1, 0.15) is 0 Å². The minimum atomic E-state index is 0.638. The normalized spacial score (nSPS) is 16.3. The van der Waals surface area contributed by atoms with E-state index in [-0.39, 0.29) is 0 Å². The van der Waals surface area contributed by atoms with Gasteiger partial charge in [-0.05, 0) is 36.9 Å². The highest BCUT2D eigenvalue weighted by molar-refractivity contribution is 5.27. The summed E-state index contributed by atoms with van der Waals surface area (Å²) in [5.41, 5.74) is 8.36. The van der Waals surface area contributed by atoms with E-state index in [1.165, 1.54) is 17.5 Å². The molecular weight excluding hydrogens is 186 g/mol. The van der Waals surface area contributed by atoms with Gasteiger partial charge in [0.15, 0.2) is 0 Å². The van der Waals surface area contributed by atoms with Crippen LogP contribution in [0.4, 0.5) is 0 Å². The van der Waals surface area contributed by atoms with E-state index >= 15 is 0 Å². The van der Waals surface area contributed by atoms with E-state index < -0.39 is 0 Å². The molecule has 1 aromatic rings. The van der Waals surface area contributed by atoms with Crippen LogP contribution in [0.5, 0.6) is 0 Å². The maximum atomic E-state index is 5.48. The van der Waals surface area contributed by atoms with Crippen molar-refractivity contribution in [2.75, 3.05) is 19.8 Å². The molecule has 0 atom stereocenters. The molecule has 2 heteroatoms. The van der Waals surface area contributed by atoms with Gasteiger partial charge >= 0.3 is 0 Å². The Morgan fingerprint density at radius 3 is 2.80 bits per heavy atom. The SMILES string of the molecule is NCCCCc1cccc(C2COC2)c1. The van der Waals surface area contributed by atoms with Gasteiger partial charge in [0.25, 0.3) is 0 Å². The highest BCUT2D eigenvalue weighted by Gasteiger charge is 2.20. The molecule has 0 aromatic heterocycles. The Kier molecular flexibility index (Phi) is 3.75. The fraction of sp³-hybridized carbons (Fsp3) is 0.538. The van der Waals surface area contributed by atoms with Crippen LogP contribution < -0.4 is 5.73 Å². The Hall–Kier alpha value is -0.860. The zero-order valence-electron chi connectivity index (χ0n) is 9.11. The summed E-state index contributed by atoms with van der Waals surface area (Å²) in [6.45, 7) is 2.59. The Labute approximate surface area is 91.4 Å². The molecule has 82 valence electrons. The molecule has 1 aliphatic rings. The molecule has 0 aliphatic carbocycles. The third kappa shape index (κ3) is 2.80. The van der Waals surface area contributed by atoms with E-state index in [9.17, 15) is 0 Å². The number of benzene rings is 1. The predicted octanol–water partition coefficient (Wildman–Crippen LogP) is 2.08. The molecule has 1 aromatic carbocycles. The highest BCUT2D eigenvalue weighted by Crippen LogP contribution is 2.24. The number of nitrogens with two attached hydrogens (primary N) is 1. The van der Waals surface area contributed by atoms with Crippen molar-refractivity contribution in [1.82, 2.24) is 0 Å². The van der Waals surface area contributed by atoms with Gasteiger partial charge in [-0.3, -0.25) is 0 Å². The zero-order valence-corrected chi connectivity index (χ0v) is 9.11. The second kappa shape index (κ2) is 5.29. The van der Waals surface area contributed by atoms with Crippen molar-refractivity contribution in [3.8, 4) is 0 Å². The van der Waals surface area contributed by atoms with Crippen molar-refractivity contribution in [2.24, 2.45) is 5.73 Å².